The number of carbonyl (C=O) groups excluding carboxylic acids is 1. The average Bonchev–Trinajstić information content (AvgIpc) is 2.61. The van der Waals surface area contributed by atoms with E-state index in [4.69, 9.17) is 4.74 Å². The highest BCUT2D eigenvalue weighted by Gasteiger charge is 2.29. The first-order valence-electron chi connectivity index (χ1n) is 7.82. The number of anilines is 1. The highest BCUT2D eigenvalue weighted by atomic mass is 79.9. The Labute approximate surface area is 148 Å². The number of carbonyl (C=O) groups is 1. The fourth-order valence-electron chi connectivity index (χ4n) is 3.46. The standard InChI is InChI=1S/C20H16BrNO2/c1-24-18-9-7-13(21)10-17(18)16-11-19(23)22-20-14-5-3-2-4-12(14)6-8-15(16)20/h2-10,16H,11H2,1H3,(H,22,23). The molecular weight excluding hydrogens is 366 g/mol. The van der Waals surface area contributed by atoms with E-state index in [0.29, 0.717) is 6.42 Å². The van der Waals surface area contributed by atoms with Crippen LogP contribution in [-0.4, -0.2) is 13.0 Å². The van der Waals surface area contributed by atoms with Gasteiger partial charge in [0.05, 0.1) is 12.8 Å². The van der Waals surface area contributed by atoms with Crippen molar-refractivity contribution in [1.29, 1.82) is 0 Å². The van der Waals surface area contributed by atoms with E-state index in [1.807, 2.05) is 30.3 Å². The van der Waals surface area contributed by atoms with Gasteiger partial charge in [-0.15, -0.1) is 0 Å². The number of halogens is 1. The number of fused-ring (bicyclic) bond motifs is 3. The van der Waals surface area contributed by atoms with Crippen molar-refractivity contribution in [3.63, 3.8) is 0 Å². The number of nitrogens with one attached hydrogen (secondary N) is 1. The summed E-state index contributed by atoms with van der Waals surface area (Å²) < 4.78 is 6.52. The Morgan fingerprint density at radius 1 is 1.08 bits per heavy atom. The molecule has 0 bridgehead atoms. The summed E-state index contributed by atoms with van der Waals surface area (Å²) in [5, 5.41) is 5.26. The van der Waals surface area contributed by atoms with Crippen molar-refractivity contribution in [2.45, 2.75) is 12.3 Å². The molecule has 3 nitrogen and oxygen atoms in total. The van der Waals surface area contributed by atoms with E-state index in [9.17, 15) is 4.79 Å². The predicted octanol–water partition coefficient (Wildman–Crippen LogP) is 5.09. The van der Waals surface area contributed by atoms with Crippen LogP contribution in [0.3, 0.4) is 0 Å². The highest BCUT2D eigenvalue weighted by molar-refractivity contribution is 9.10. The van der Waals surface area contributed by atoms with Crippen LogP contribution in [0.15, 0.2) is 59.1 Å². The lowest BCUT2D eigenvalue weighted by atomic mass is 9.83. The van der Waals surface area contributed by atoms with E-state index in [0.717, 1.165) is 37.8 Å². The second kappa shape index (κ2) is 5.95. The minimum atomic E-state index is -0.0224. The van der Waals surface area contributed by atoms with Gasteiger partial charge in [-0.05, 0) is 29.1 Å². The van der Waals surface area contributed by atoms with Gasteiger partial charge in [0.2, 0.25) is 5.91 Å². The van der Waals surface area contributed by atoms with E-state index >= 15 is 0 Å². The van der Waals surface area contributed by atoms with Crippen LogP contribution in [0.4, 0.5) is 5.69 Å². The number of hydrogen-bond donors (Lipinski definition) is 1. The third kappa shape index (κ3) is 2.47. The summed E-state index contributed by atoms with van der Waals surface area (Å²) in [5.74, 6) is 0.814. The number of amides is 1. The summed E-state index contributed by atoms with van der Waals surface area (Å²) in [7, 11) is 1.66. The molecule has 3 aromatic rings. The average molecular weight is 382 g/mol. The molecule has 1 heterocycles. The summed E-state index contributed by atoms with van der Waals surface area (Å²) >= 11 is 3.53. The van der Waals surface area contributed by atoms with E-state index < -0.39 is 0 Å². The molecule has 4 rings (SSSR count). The van der Waals surface area contributed by atoms with Gasteiger partial charge in [-0.2, -0.15) is 0 Å². The molecule has 1 unspecified atom stereocenters. The molecule has 0 aromatic heterocycles. The number of methoxy groups -OCH3 is 1. The van der Waals surface area contributed by atoms with Crippen LogP contribution in [0.1, 0.15) is 23.5 Å². The van der Waals surface area contributed by atoms with Gasteiger partial charge in [0, 0.05) is 27.8 Å². The Kier molecular flexibility index (Phi) is 3.77. The number of benzene rings is 3. The monoisotopic (exact) mass is 381 g/mol. The van der Waals surface area contributed by atoms with E-state index in [2.05, 4.69) is 45.5 Å². The molecule has 1 aliphatic heterocycles. The summed E-state index contributed by atoms with van der Waals surface area (Å²) in [6, 6.07) is 18.3. The van der Waals surface area contributed by atoms with Crippen LogP contribution < -0.4 is 10.1 Å². The maximum atomic E-state index is 12.4. The minimum Gasteiger partial charge on any atom is -0.496 e. The third-order valence-electron chi connectivity index (χ3n) is 4.56. The van der Waals surface area contributed by atoms with Crippen molar-refractivity contribution >= 4 is 38.3 Å². The largest absolute Gasteiger partial charge is 0.496 e. The van der Waals surface area contributed by atoms with Crippen LogP contribution in [0.25, 0.3) is 10.8 Å². The number of hydrogen-bond acceptors (Lipinski definition) is 2. The lowest BCUT2D eigenvalue weighted by Crippen LogP contribution is -2.24. The van der Waals surface area contributed by atoms with Crippen molar-refractivity contribution in [3.8, 4) is 5.75 Å². The van der Waals surface area contributed by atoms with E-state index in [1.54, 1.807) is 7.11 Å². The van der Waals surface area contributed by atoms with Crippen LogP contribution in [0, 0.1) is 0 Å². The van der Waals surface area contributed by atoms with Crippen molar-refractivity contribution in [2.75, 3.05) is 12.4 Å². The molecule has 1 amide bonds. The molecule has 24 heavy (non-hydrogen) atoms. The first kappa shape index (κ1) is 15.2. The normalized spacial score (nSPS) is 16.6. The topological polar surface area (TPSA) is 38.3 Å². The van der Waals surface area contributed by atoms with Crippen molar-refractivity contribution in [2.24, 2.45) is 0 Å². The maximum Gasteiger partial charge on any atom is 0.225 e. The fourth-order valence-corrected chi connectivity index (χ4v) is 3.84. The SMILES string of the molecule is COc1ccc(Br)cc1C1CC(=O)Nc2c1ccc1ccccc21. The minimum absolute atomic E-state index is 0.0224. The van der Waals surface area contributed by atoms with Crippen molar-refractivity contribution < 1.29 is 9.53 Å². The molecule has 0 saturated carbocycles. The molecule has 0 fully saturated rings. The first-order chi connectivity index (χ1) is 11.7. The lowest BCUT2D eigenvalue weighted by Gasteiger charge is -2.28. The predicted molar refractivity (Wildman–Crippen MR) is 99.7 cm³/mol. The molecular formula is C20H16BrNO2. The quantitative estimate of drug-likeness (QED) is 0.671. The Balaban J connectivity index is 1.96. The Morgan fingerprint density at radius 2 is 1.92 bits per heavy atom. The van der Waals surface area contributed by atoms with Crippen LogP contribution in [0.2, 0.25) is 0 Å². The van der Waals surface area contributed by atoms with Gasteiger partial charge in [0.25, 0.3) is 0 Å². The summed E-state index contributed by atoms with van der Waals surface area (Å²) in [6.45, 7) is 0. The maximum absolute atomic E-state index is 12.4. The zero-order valence-corrected chi connectivity index (χ0v) is 14.8. The summed E-state index contributed by atoms with van der Waals surface area (Å²) in [5.41, 5.74) is 3.07. The third-order valence-corrected chi connectivity index (χ3v) is 5.05. The van der Waals surface area contributed by atoms with Gasteiger partial charge in [0.15, 0.2) is 0 Å². The Morgan fingerprint density at radius 3 is 2.75 bits per heavy atom. The van der Waals surface area contributed by atoms with Crippen LogP contribution in [0.5, 0.6) is 5.75 Å². The highest BCUT2D eigenvalue weighted by Crippen LogP contribution is 2.44. The molecule has 4 heteroatoms. The number of rotatable bonds is 2. The Bertz CT molecular complexity index is 952. The Hall–Kier alpha value is -2.33. The molecule has 0 radical (unpaired) electrons. The van der Waals surface area contributed by atoms with Gasteiger partial charge in [0.1, 0.15) is 5.75 Å². The summed E-state index contributed by atoms with van der Waals surface area (Å²) in [6.07, 6.45) is 0.415. The molecule has 0 aliphatic carbocycles. The summed E-state index contributed by atoms with van der Waals surface area (Å²) in [4.78, 5) is 12.4. The molecule has 120 valence electrons. The molecule has 0 spiro atoms. The van der Waals surface area contributed by atoms with Gasteiger partial charge < -0.3 is 10.1 Å². The van der Waals surface area contributed by atoms with Gasteiger partial charge >= 0.3 is 0 Å². The molecule has 3 aromatic carbocycles. The van der Waals surface area contributed by atoms with Crippen molar-refractivity contribution in [3.05, 3.63) is 70.2 Å². The molecule has 1 N–H and O–H groups in total. The van der Waals surface area contributed by atoms with Crippen LogP contribution in [-0.2, 0) is 4.79 Å². The first-order valence-corrected chi connectivity index (χ1v) is 8.61. The molecule has 1 atom stereocenters. The molecule has 0 saturated heterocycles. The van der Waals surface area contributed by atoms with Gasteiger partial charge in [-0.1, -0.05) is 52.3 Å². The second-order valence-electron chi connectivity index (χ2n) is 5.94. The number of ether oxygens (including phenoxy) is 1. The second-order valence-corrected chi connectivity index (χ2v) is 6.86. The zero-order valence-electron chi connectivity index (χ0n) is 13.2. The molecule has 1 aliphatic rings. The fraction of sp³-hybridized carbons (Fsp3) is 0.150. The smallest absolute Gasteiger partial charge is 0.225 e. The van der Waals surface area contributed by atoms with E-state index in [1.165, 1.54) is 0 Å². The van der Waals surface area contributed by atoms with Crippen LogP contribution >= 0.6 is 15.9 Å². The van der Waals surface area contributed by atoms with Gasteiger partial charge in [-0.3, -0.25) is 4.79 Å². The zero-order chi connectivity index (χ0) is 16.7. The lowest BCUT2D eigenvalue weighted by molar-refractivity contribution is -0.116. The van der Waals surface area contributed by atoms with E-state index in [-0.39, 0.29) is 11.8 Å². The van der Waals surface area contributed by atoms with Crippen molar-refractivity contribution in [1.82, 2.24) is 0 Å². The van der Waals surface area contributed by atoms with Gasteiger partial charge in [-0.25, -0.2) is 0 Å².